The first-order valence-corrected chi connectivity index (χ1v) is 7.05. The van der Waals surface area contributed by atoms with Gasteiger partial charge in [0.05, 0.1) is 25.5 Å². The summed E-state index contributed by atoms with van der Waals surface area (Å²) in [5.74, 6) is -1.22. The fourth-order valence-corrected chi connectivity index (χ4v) is 2.66. The van der Waals surface area contributed by atoms with Gasteiger partial charge in [-0.05, 0) is 12.0 Å². The van der Waals surface area contributed by atoms with E-state index in [1.54, 1.807) is 0 Å². The molecule has 2 rings (SSSR count). The van der Waals surface area contributed by atoms with Crippen LogP contribution in [0.2, 0.25) is 0 Å². The highest BCUT2D eigenvalue weighted by Crippen LogP contribution is 2.33. The van der Waals surface area contributed by atoms with Crippen LogP contribution < -0.4 is 10.6 Å². The molecule has 0 saturated carbocycles. The van der Waals surface area contributed by atoms with Crippen LogP contribution in [0.3, 0.4) is 0 Å². The van der Waals surface area contributed by atoms with Crippen LogP contribution in [-0.4, -0.2) is 48.6 Å². The molecular formula is C14H19BN2O5. The van der Waals surface area contributed by atoms with Crippen LogP contribution in [0.15, 0.2) is 30.3 Å². The average molecular weight is 306 g/mol. The van der Waals surface area contributed by atoms with Crippen molar-refractivity contribution in [2.75, 3.05) is 13.6 Å². The summed E-state index contributed by atoms with van der Waals surface area (Å²) < 4.78 is 4.82. The van der Waals surface area contributed by atoms with Crippen molar-refractivity contribution in [2.24, 2.45) is 5.92 Å². The lowest BCUT2D eigenvalue weighted by Crippen LogP contribution is -2.44. The Morgan fingerprint density at radius 1 is 1.36 bits per heavy atom. The van der Waals surface area contributed by atoms with E-state index in [0.717, 1.165) is 5.56 Å². The Morgan fingerprint density at radius 2 is 2.05 bits per heavy atom. The maximum atomic E-state index is 12.0. The lowest BCUT2D eigenvalue weighted by molar-refractivity contribution is -0.145. The van der Waals surface area contributed by atoms with Gasteiger partial charge in [0.1, 0.15) is 0 Å². The molecule has 1 aliphatic heterocycles. The van der Waals surface area contributed by atoms with Crippen molar-refractivity contribution in [2.45, 2.75) is 18.5 Å². The first-order valence-electron chi connectivity index (χ1n) is 7.05. The van der Waals surface area contributed by atoms with Gasteiger partial charge in [0.2, 0.25) is 5.91 Å². The minimum absolute atomic E-state index is 0.254. The van der Waals surface area contributed by atoms with Crippen molar-refractivity contribution in [3.63, 3.8) is 0 Å². The molecule has 1 saturated heterocycles. The first-order chi connectivity index (χ1) is 10.5. The Morgan fingerprint density at radius 3 is 2.64 bits per heavy atom. The minimum atomic E-state index is -1.60. The molecule has 7 nitrogen and oxygen atoms in total. The van der Waals surface area contributed by atoms with Crippen LogP contribution in [0, 0.1) is 5.92 Å². The van der Waals surface area contributed by atoms with Crippen molar-refractivity contribution in [1.29, 1.82) is 0 Å². The summed E-state index contributed by atoms with van der Waals surface area (Å²) in [6.07, 6.45) is 0.0372. The predicted octanol–water partition coefficient (Wildman–Crippen LogP) is -0.993. The number of benzene rings is 1. The summed E-state index contributed by atoms with van der Waals surface area (Å²) >= 11 is 0. The minimum Gasteiger partial charge on any atom is -0.469 e. The van der Waals surface area contributed by atoms with E-state index in [4.69, 9.17) is 14.8 Å². The lowest BCUT2D eigenvalue weighted by atomic mass is 9.92. The predicted molar refractivity (Wildman–Crippen MR) is 79.4 cm³/mol. The monoisotopic (exact) mass is 306 g/mol. The topological polar surface area (TPSA) is 108 Å². The Labute approximate surface area is 128 Å². The molecule has 0 bridgehead atoms. The average Bonchev–Trinajstić information content (AvgIpc) is 2.98. The molecule has 3 atom stereocenters. The van der Waals surface area contributed by atoms with Gasteiger partial charge in [-0.15, -0.1) is 0 Å². The summed E-state index contributed by atoms with van der Waals surface area (Å²) in [6.45, 7) is 0. The lowest BCUT2D eigenvalue weighted by Gasteiger charge is -2.18. The van der Waals surface area contributed by atoms with Crippen LogP contribution in [0.4, 0.5) is 0 Å². The van der Waals surface area contributed by atoms with Crippen LogP contribution in [-0.2, 0) is 14.3 Å². The highest BCUT2D eigenvalue weighted by atomic mass is 16.5. The highest BCUT2D eigenvalue weighted by Gasteiger charge is 2.42. The van der Waals surface area contributed by atoms with Crippen LogP contribution in [0.25, 0.3) is 0 Å². The molecule has 1 aromatic carbocycles. The van der Waals surface area contributed by atoms with E-state index in [-0.39, 0.29) is 24.4 Å². The Balaban J connectivity index is 2.11. The van der Waals surface area contributed by atoms with E-state index in [9.17, 15) is 9.59 Å². The SMILES string of the molecule is COC(=O)C1CC(C(=O)NCB(O)O)NC1c1ccccc1. The summed E-state index contributed by atoms with van der Waals surface area (Å²) in [7, 11) is -0.286. The smallest absolute Gasteiger partial charge is 0.469 e. The molecule has 0 aliphatic carbocycles. The second-order valence-corrected chi connectivity index (χ2v) is 5.20. The van der Waals surface area contributed by atoms with E-state index >= 15 is 0 Å². The fraction of sp³-hybridized carbons (Fsp3) is 0.429. The number of carbonyl (C=O) groups is 2. The molecule has 0 aromatic heterocycles. The molecule has 1 amide bonds. The first kappa shape index (κ1) is 16.5. The molecule has 118 valence electrons. The van der Waals surface area contributed by atoms with Crippen LogP contribution in [0.5, 0.6) is 0 Å². The van der Waals surface area contributed by atoms with E-state index in [1.165, 1.54) is 7.11 Å². The molecule has 8 heteroatoms. The van der Waals surface area contributed by atoms with Gasteiger partial charge in [0, 0.05) is 6.04 Å². The van der Waals surface area contributed by atoms with Crippen molar-refractivity contribution in [3.8, 4) is 0 Å². The molecular weight excluding hydrogens is 287 g/mol. The van der Waals surface area contributed by atoms with Gasteiger partial charge < -0.3 is 20.1 Å². The number of esters is 1. The highest BCUT2D eigenvalue weighted by molar-refractivity contribution is 6.41. The number of carbonyl (C=O) groups excluding carboxylic acids is 2. The zero-order valence-corrected chi connectivity index (χ0v) is 12.2. The molecule has 0 spiro atoms. The van der Waals surface area contributed by atoms with Crippen LogP contribution in [0.1, 0.15) is 18.0 Å². The number of nitrogens with one attached hydrogen (secondary N) is 2. The third-order valence-electron chi connectivity index (χ3n) is 3.71. The van der Waals surface area contributed by atoms with Crippen molar-refractivity contribution >= 4 is 19.0 Å². The molecule has 3 unspecified atom stereocenters. The van der Waals surface area contributed by atoms with Gasteiger partial charge >= 0.3 is 13.1 Å². The van der Waals surface area contributed by atoms with Crippen molar-refractivity contribution in [3.05, 3.63) is 35.9 Å². The number of amides is 1. The summed E-state index contributed by atoms with van der Waals surface area (Å²) in [5, 5.41) is 23.1. The second-order valence-electron chi connectivity index (χ2n) is 5.20. The number of ether oxygens (including phenoxy) is 1. The van der Waals surface area contributed by atoms with E-state index in [0.29, 0.717) is 6.42 Å². The standard InChI is InChI=1S/C14H19BN2O5/c1-22-14(19)10-7-11(13(18)16-8-15(20)21)17-12(10)9-5-3-2-4-6-9/h2-6,10-12,17,20-21H,7-8H2,1H3,(H,16,18). The van der Waals surface area contributed by atoms with Gasteiger partial charge in [-0.1, -0.05) is 30.3 Å². The van der Waals surface area contributed by atoms with E-state index in [1.807, 2.05) is 30.3 Å². The second kappa shape index (κ2) is 7.39. The maximum Gasteiger partial charge on any atom is 0.472 e. The third-order valence-corrected chi connectivity index (χ3v) is 3.71. The van der Waals surface area contributed by atoms with Gasteiger partial charge in [0.15, 0.2) is 0 Å². The van der Waals surface area contributed by atoms with Gasteiger partial charge in [-0.25, -0.2) is 0 Å². The van der Waals surface area contributed by atoms with E-state index in [2.05, 4.69) is 10.6 Å². The zero-order chi connectivity index (χ0) is 16.1. The quantitative estimate of drug-likeness (QED) is 0.411. The molecule has 1 heterocycles. The summed E-state index contributed by atoms with van der Waals surface area (Å²) in [6, 6.07) is 8.45. The molecule has 1 aromatic rings. The van der Waals surface area contributed by atoms with Gasteiger partial charge in [0.25, 0.3) is 0 Å². The molecule has 4 N–H and O–H groups in total. The maximum absolute atomic E-state index is 12.0. The third kappa shape index (κ3) is 3.85. The zero-order valence-electron chi connectivity index (χ0n) is 12.2. The van der Waals surface area contributed by atoms with Crippen molar-refractivity contribution < 1.29 is 24.4 Å². The Hall–Kier alpha value is -1.90. The van der Waals surface area contributed by atoms with Gasteiger partial charge in [-0.3, -0.25) is 14.9 Å². The molecule has 22 heavy (non-hydrogen) atoms. The van der Waals surface area contributed by atoms with Gasteiger partial charge in [-0.2, -0.15) is 0 Å². The molecule has 1 aliphatic rings. The van der Waals surface area contributed by atoms with Crippen LogP contribution >= 0.6 is 0 Å². The summed E-state index contributed by atoms with van der Waals surface area (Å²) in [4.78, 5) is 24.0. The number of hydrogen-bond acceptors (Lipinski definition) is 6. The normalized spacial score (nSPS) is 23.9. The number of hydrogen-bond donors (Lipinski definition) is 4. The molecule has 1 fully saturated rings. The number of rotatable bonds is 5. The summed E-state index contributed by atoms with van der Waals surface area (Å²) in [5.41, 5.74) is 0.899. The Kier molecular flexibility index (Phi) is 5.54. The fourth-order valence-electron chi connectivity index (χ4n) is 2.66. The molecule has 0 radical (unpaired) electrons. The number of methoxy groups -OCH3 is 1. The Bertz CT molecular complexity index is 525. The largest absolute Gasteiger partial charge is 0.472 e. The van der Waals surface area contributed by atoms with E-state index < -0.39 is 19.1 Å². The van der Waals surface area contributed by atoms with Crippen molar-refractivity contribution in [1.82, 2.24) is 10.6 Å².